The molecule has 0 atom stereocenters. The third-order valence-electron chi connectivity index (χ3n) is 1.95. The number of hydrogen-bond donors (Lipinski definition) is 0. The highest BCUT2D eigenvalue weighted by Crippen LogP contribution is 2.47. The highest BCUT2D eigenvalue weighted by molar-refractivity contribution is 5.63. The van der Waals surface area contributed by atoms with E-state index in [0.29, 0.717) is 6.42 Å². The lowest BCUT2D eigenvalue weighted by atomic mass is 10.0. The van der Waals surface area contributed by atoms with Crippen molar-refractivity contribution < 1.29 is 9.18 Å². The maximum absolute atomic E-state index is 11.6. The topological polar surface area (TPSA) is 17.1 Å². The van der Waals surface area contributed by atoms with E-state index in [-0.39, 0.29) is 12.1 Å². The molecule has 0 aliphatic heterocycles. The Kier molecular flexibility index (Phi) is 1.84. The first-order valence-corrected chi connectivity index (χ1v) is 3.35. The average Bonchev–Trinajstić information content (AvgIpc) is 2.65. The molecule has 1 nitrogen and oxygen atoms in total. The smallest absolute Gasteiger partial charge is 0.126 e. The van der Waals surface area contributed by atoms with Crippen molar-refractivity contribution in [3.8, 4) is 0 Å². The van der Waals surface area contributed by atoms with Gasteiger partial charge in [0.25, 0.3) is 0 Å². The van der Waals surface area contributed by atoms with E-state index >= 15 is 0 Å². The van der Waals surface area contributed by atoms with E-state index in [9.17, 15) is 9.18 Å². The summed E-state index contributed by atoms with van der Waals surface area (Å²) in [6.07, 6.45) is 4.27. The van der Waals surface area contributed by atoms with Crippen LogP contribution in [0.25, 0.3) is 0 Å². The Morgan fingerprint density at radius 1 is 1.56 bits per heavy atom. The fourth-order valence-electron chi connectivity index (χ4n) is 1.01. The van der Waals surface area contributed by atoms with Gasteiger partial charge in [-0.05, 0) is 25.7 Å². The average molecular weight is 130 g/mol. The van der Waals surface area contributed by atoms with Crippen LogP contribution in [0.1, 0.15) is 25.7 Å². The molecule has 0 saturated heterocycles. The quantitative estimate of drug-likeness (QED) is 0.529. The second-order valence-electron chi connectivity index (χ2n) is 2.77. The van der Waals surface area contributed by atoms with E-state index in [1.807, 2.05) is 0 Å². The molecular weight excluding hydrogens is 119 g/mol. The van der Waals surface area contributed by atoms with Gasteiger partial charge in [-0.1, -0.05) is 0 Å². The van der Waals surface area contributed by atoms with E-state index in [1.165, 1.54) is 0 Å². The molecule has 0 N–H and O–H groups in total. The maximum atomic E-state index is 11.6. The number of aldehydes is 1. The van der Waals surface area contributed by atoms with Crippen LogP contribution in [-0.2, 0) is 4.79 Å². The Bertz CT molecular complexity index is 107. The molecule has 0 amide bonds. The molecule has 1 fully saturated rings. The van der Waals surface area contributed by atoms with Crippen molar-refractivity contribution in [2.24, 2.45) is 5.41 Å². The van der Waals surface area contributed by atoms with Gasteiger partial charge in [-0.2, -0.15) is 0 Å². The summed E-state index contributed by atoms with van der Waals surface area (Å²) in [5.41, 5.74) is -0.0773. The molecular formula is C7H11FO. The van der Waals surface area contributed by atoms with Gasteiger partial charge >= 0.3 is 0 Å². The predicted molar refractivity (Wildman–Crippen MR) is 32.9 cm³/mol. The zero-order valence-corrected chi connectivity index (χ0v) is 5.40. The highest BCUT2D eigenvalue weighted by atomic mass is 19.1. The molecule has 0 bridgehead atoms. The molecule has 1 aliphatic carbocycles. The summed E-state index contributed by atoms with van der Waals surface area (Å²) in [4.78, 5) is 10.3. The summed E-state index contributed by atoms with van der Waals surface area (Å²) < 4.78 is 11.6. The van der Waals surface area contributed by atoms with Crippen LogP contribution < -0.4 is 0 Å². The van der Waals surface area contributed by atoms with E-state index < -0.39 is 0 Å². The Labute approximate surface area is 54.3 Å². The molecule has 0 aromatic carbocycles. The fourth-order valence-corrected chi connectivity index (χ4v) is 1.01. The van der Waals surface area contributed by atoms with Gasteiger partial charge in [-0.3, -0.25) is 4.39 Å². The SMILES string of the molecule is O=CC1(CCCF)CC1. The van der Waals surface area contributed by atoms with E-state index in [4.69, 9.17) is 0 Å². The monoisotopic (exact) mass is 130 g/mol. The van der Waals surface area contributed by atoms with Gasteiger partial charge in [0.1, 0.15) is 6.29 Å². The molecule has 1 rings (SSSR count). The highest BCUT2D eigenvalue weighted by Gasteiger charge is 2.41. The zero-order valence-electron chi connectivity index (χ0n) is 5.40. The molecule has 2 heteroatoms. The molecule has 9 heavy (non-hydrogen) atoms. The Morgan fingerprint density at radius 2 is 2.22 bits per heavy atom. The van der Waals surface area contributed by atoms with Crippen LogP contribution in [0.2, 0.25) is 0 Å². The minimum atomic E-state index is -0.282. The van der Waals surface area contributed by atoms with Gasteiger partial charge < -0.3 is 4.79 Å². The van der Waals surface area contributed by atoms with Crippen LogP contribution in [-0.4, -0.2) is 13.0 Å². The largest absolute Gasteiger partial charge is 0.303 e. The molecule has 0 unspecified atom stereocenters. The molecule has 0 heterocycles. The summed E-state index contributed by atoms with van der Waals surface area (Å²) in [6, 6.07) is 0. The van der Waals surface area contributed by atoms with E-state index in [1.54, 1.807) is 0 Å². The molecule has 1 aliphatic rings. The van der Waals surface area contributed by atoms with Crippen molar-refractivity contribution in [1.29, 1.82) is 0 Å². The number of alkyl halides is 1. The van der Waals surface area contributed by atoms with E-state index in [2.05, 4.69) is 0 Å². The molecule has 0 aromatic heterocycles. The van der Waals surface area contributed by atoms with Gasteiger partial charge in [-0.15, -0.1) is 0 Å². The zero-order chi connectivity index (χ0) is 6.74. The number of halogens is 1. The first kappa shape index (κ1) is 6.72. The van der Waals surface area contributed by atoms with Crippen molar-refractivity contribution in [3.05, 3.63) is 0 Å². The number of rotatable bonds is 4. The number of carbonyl (C=O) groups is 1. The predicted octanol–water partition coefficient (Wildman–Crippen LogP) is 1.72. The van der Waals surface area contributed by atoms with Crippen LogP contribution in [0.3, 0.4) is 0 Å². The lowest BCUT2D eigenvalue weighted by molar-refractivity contribution is -0.112. The van der Waals surface area contributed by atoms with Crippen molar-refractivity contribution in [3.63, 3.8) is 0 Å². The van der Waals surface area contributed by atoms with Gasteiger partial charge in [0.2, 0.25) is 0 Å². The van der Waals surface area contributed by atoms with Crippen LogP contribution in [0.15, 0.2) is 0 Å². The minimum Gasteiger partial charge on any atom is -0.303 e. The lowest BCUT2D eigenvalue weighted by Gasteiger charge is -2.01. The van der Waals surface area contributed by atoms with E-state index in [0.717, 1.165) is 25.5 Å². The van der Waals surface area contributed by atoms with Gasteiger partial charge in [0.15, 0.2) is 0 Å². The summed E-state index contributed by atoms with van der Waals surface area (Å²) in [5.74, 6) is 0. The number of hydrogen-bond acceptors (Lipinski definition) is 1. The number of carbonyl (C=O) groups excluding carboxylic acids is 1. The van der Waals surface area contributed by atoms with Crippen LogP contribution in [0, 0.1) is 5.41 Å². The van der Waals surface area contributed by atoms with Crippen LogP contribution in [0.5, 0.6) is 0 Å². The second-order valence-corrected chi connectivity index (χ2v) is 2.77. The standard InChI is InChI=1S/C7H11FO/c8-5-1-2-7(6-9)3-4-7/h6H,1-5H2. The summed E-state index contributed by atoms with van der Waals surface area (Å²) in [6.45, 7) is -0.282. The lowest BCUT2D eigenvalue weighted by Crippen LogP contribution is -2.01. The second kappa shape index (κ2) is 2.46. The molecule has 0 spiro atoms. The Morgan fingerprint density at radius 3 is 2.56 bits per heavy atom. The van der Waals surface area contributed by atoms with Crippen LogP contribution >= 0.6 is 0 Å². The molecule has 1 saturated carbocycles. The van der Waals surface area contributed by atoms with Gasteiger partial charge in [0.05, 0.1) is 6.67 Å². The fraction of sp³-hybridized carbons (Fsp3) is 0.857. The van der Waals surface area contributed by atoms with Gasteiger partial charge in [-0.25, -0.2) is 0 Å². The minimum absolute atomic E-state index is 0.0773. The normalized spacial score (nSPS) is 21.4. The Balaban J connectivity index is 2.17. The van der Waals surface area contributed by atoms with Crippen molar-refractivity contribution >= 4 is 6.29 Å². The van der Waals surface area contributed by atoms with Gasteiger partial charge in [0, 0.05) is 5.41 Å². The maximum Gasteiger partial charge on any atom is 0.126 e. The van der Waals surface area contributed by atoms with Crippen molar-refractivity contribution in [1.82, 2.24) is 0 Å². The first-order valence-electron chi connectivity index (χ1n) is 3.35. The van der Waals surface area contributed by atoms with Crippen LogP contribution in [0.4, 0.5) is 4.39 Å². The molecule has 0 radical (unpaired) electrons. The molecule has 0 aromatic rings. The third kappa shape index (κ3) is 1.50. The Hall–Kier alpha value is -0.400. The summed E-state index contributed by atoms with van der Waals surface area (Å²) >= 11 is 0. The van der Waals surface area contributed by atoms with Crippen molar-refractivity contribution in [2.45, 2.75) is 25.7 Å². The molecule has 52 valence electrons. The first-order chi connectivity index (χ1) is 4.33. The summed E-state index contributed by atoms with van der Waals surface area (Å²) in [7, 11) is 0. The third-order valence-corrected chi connectivity index (χ3v) is 1.95. The summed E-state index contributed by atoms with van der Waals surface area (Å²) in [5, 5.41) is 0. The van der Waals surface area contributed by atoms with Crippen molar-refractivity contribution in [2.75, 3.05) is 6.67 Å².